The zero-order chi connectivity index (χ0) is 36.2. The van der Waals surface area contributed by atoms with Crippen LogP contribution in [0.5, 0.6) is 0 Å². The van der Waals surface area contributed by atoms with Gasteiger partial charge in [0, 0.05) is 10.8 Å². The molecule has 1 heteroatoms. The highest BCUT2D eigenvalue weighted by atomic mass is 16.3. The fourth-order valence-electron chi connectivity index (χ4n) is 5.32. The van der Waals surface area contributed by atoms with E-state index in [4.69, 9.17) is 15.4 Å². The molecule has 0 atom stereocenters. The van der Waals surface area contributed by atoms with Crippen LogP contribution in [0.1, 0.15) is 16.4 Å². The van der Waals surface area contributed by atoms with Crippen LogP contribution in [0, 0.1) is 0 Å². The van der Waals surface area contributed by atoms with E-state index in [0.29, 0.717) is 33.1 Å². The van der Waals surface area contributed by atoms with E-state index in [0.717, 1.165) is 0 Å². The molecule has 8 aromatic rings. The van der Waals surface area contributed by atoms with E-state index in [1.165, 1.54) is 0 Å². The average Bonchev–Trinajstić information content (AvgIpc) is 3.53. The smallest absolute Gasteiger partial charge is 0.136 e. The highest BCUT2D eigenvalue weighted by Crippen LogP contribution is 2.44. The molecule has 0 fully saturated rings. The van der Waals surface area contributed by atoms with E-state index in [1.54, 1.807) is 54.6 Å². The molecule has 0 amide bonds. The normalized spacial score (nSPS) is 15.9. The summed E-state index contributed by atoms with van der Waals surface area (Å²) < 4.78 is 114. The van der Waals surface area contributed by atoms with Gasteiger partial charge in [0.25, 0.3) is 0 Å². The first-order valence-electron chi connectivity index (χ1n) is 18.4. The average molecular weight is 509 g/mol. The van der Waals surface area contributed by atoms with Gasteiger partial charge in [0.05, 0.1) is 16.4 Å². The molecule has 0 aliphatic rings. The van der Waals surface area contributed by atoms with Crippen LogP contribution < -0.4 is 0 Å². The summed E-state index contributed by atoms with van der Waals surface area (Å²) in [6.07, 6.45) is 0. The predicted molar refractivity (Wildman–Crippen MR) is 165 cm³/mol. The Balaban J connectivity index is 1.62. The lowest BCUT2D eigenvalue weighted by molar-refractivity contribution is 0.669. The molecule has 0 aliphatic heterocycles. The summed E-state index contributed by atoms with van der Waals surface area (Å²) in [6.45, 7) is 0. The van der Waals surface area contributed by atoms with E-state index >= 15 is 0 Å². The Morgan fingerprint density at radius 3 is 1.62 bits per heavy atom. The van der Waals surface area contributed by atoms with Crippen LogP contribution >= 0.6 is 0 Å². The Kier molecular flexibility index (Phi) is 2.92. The molecule has 1 aromatic heterocycles. The number of hydrogen-bond donors (Lipinski definition) is 0. The minimum atomic E-state index is -0.627. The summed E-state index contributed by atoms with van der Waals surface area (Å²) in [5, 5.41) is 0.783. The van der Waals surface area contributed by atoms with Crippen LogP contribution in [0.4, 0.5) is 0 Å². The standard InChI is InChI=1S/C38H24O/c1-2-11-26(12-3-1)36-29-13-4-6-15-31(29)37(32-16-7-5-14-30(32)36)27-23-21-25(22-24-27)28-18-10-20-35-38(28)33-17-8-9-19-34(33)39-35/h1-24H/i4D,5D,6D,7D,13D,14D,15D,16D,21D,22D,23D,24D. The summed E-state index contributed by atoms with van der Waals surface area (Å²) in [5.41, 5.74) is 1.37. The van der Waals surface area contributed by atoms with Crippen molar-refractivity contribution in [2.75, 3.05) is 0 Å². The molecule has 39 heavy (non-hydrogen) atoms. The minimum Gasteiger partial charge on any atom is -0.456 e. The molecule has 0 aliphatic carbocycles. The number of furan rings is 1. The van der Waals surface area contributed by atoms with Crippen molar-refractivity contribution in [3.8, 4) is 33.4 Å². The topological polar surface area (TPSA) is 13.1 Å². The highest BCUT2D eigenvalue weighted by Gasteiger charge is 2.17. The molecule has 0 N–H and O–H groups in total. The maximum atomic E-state index is 9.40. The van der Waals surface area contributed by atoms with Crippen molar-refractivity contribution in [3.63, 3.8) is 0 Å². The van der Waals surface area contributed by atoms with Gasteiger partial charge in [0.2, 0.25) is 0 Å². The van der Waals surface area contributed by atoms with Gasteiger partial charge in [-0.05, 0) is 67.1 Å². The van der Waals surface area contributed by atoms with E-state index in [2.05, 4.69) is 0 Å². The fourth-order valence-corrected chi connectivity index (χ4v) is 5.32. The number of fused-ring (bicyclic) bond motifs is 5. The van der Waals surface area contributed by atoms with Crippen molar-refractivity contribution < 1.29 is 20.9 Å². The van der Waals surface area contributed by atoms with Gasteiger partial charge in [-0.2, -0.15) is 0 Å². The van der Waals surface area contributed by atoms with Crippen LogP contribution in [0.15, 0.2) is 150 Å². The lowest BCUT2D eigenvalue weighted by Crippen LogP contribution is -1.90. The Labute approximate surface area is 243 Å². The number of rotatable bonds is 3. The van der Waals surface area contributed by atoms with Gasteiger partial charge in [0.15, 0.2) is 0 Å². The molecule has 1 heterocycles. The van der Waals surface area contributed by atoms with E-state index in [-0.39, 0.29) is 43.8 Å². The molecular weight excluding hydrogens is 472 g/mol. The van der Waals surface area contributed by atoms with Gasteiger partial charge in [-0.15, -0.1) is 0 Å². The van der Waals surface area contributed by atoms with Crippen LogP contribution in [0.25, 0.3) is 76.9 Å². The number of hydrogen-bond acceptors (Lipinski definition) is 1. The second-order valence-electron chi connectivity index (χ2n) is 9.14. The summed E-state index contributed by atoms with van der Waals surface area (Å²) in [6, 6.07) is 14.4. The van der Waals surface area contributed by atoms with Crippen LogP contribution in [-0.2, 0) is 0 Å². The van der Waals surface area contributed by atoms with Crippen molar-refractivity contribution in [1.82, 2.24) is 0 Å². The molecule has 7 aromatic carbocycles. The predicted octanol–water partition coefficient (Wildman–Crippen LogP) is 10.9. The van der Waals surface area contributed by atoms with Crippen molar-refractivity contribution in [1.29, 1.82) is 0 Å². The molecule has 8 rings (SSSR count). The molecule has 0 saturated heterocycles. The van der Waals surface area contributed by atoms with Gasteiger partial charge in [-0.25, -0.2) is 0 Å². The van der Waals surface area contributed by atoms with Crippen molar-refractivity contribution in [2.24, 2.45) is 0 Å². The highest BCUT2D eigenvalue weighted by molar-refractivity contribution is 6.21. The van der Waals surface area contributed by atoms with E-state index in [1.807, 2.05) is 18.2 Å². The third kappa shape index (κ3) is 3.41. The molecule has 0 bridgehead atoms. The summed E-state index contributed by atoms with van der Waals surface area (Å²) >= 11 is 0. The Bertz CT molecular complexity index is 2720. The van der Waals surface area contributed by atoms with E-state index < -0.39 is 72.5 Å². The zero-order valence-electron chi connectivity index (χ0n) is 32.3. The minimum absolute atomic E-state index is 0.0239. The van der Waals surface area contributed by atoms with Gasteiger partial charge in [0.1, 0.15) is 11.2 Å². The quantitative estimate of drug-likeness (QED) is 0.216. The molecule has 0 radical (unpaired) electrons. The first-order chi connectivity index (χ1) is 24.4. The molecule has 0 saturated carbocycles. The summed E-state index contributed by atoms with van der Waals surface area (Å²) in [4.78, 5) is 0. The SMILES string of the molecule is [2H]c1c([2H])c(-c2cccc3oc4ccccc4c23)c([2H])c([2H])c1-c1c2c([2H])c([2H])c([2H])c([2H])c2c(-c2ccccc2)c2c([2H])c([2H])c([2H])c([2H])c12. The lowest BCUT2D eigenvalue weighted by atomic mass is 9.85. The van der Waals surface area contributed by atoms with Crippen molar-refractivity contribution >= 4 is 43.5 Å². The lowest BCUT2D eigenvalue weighted by Gasteiger charge is -2.18. The Morgan fingerprint density at radius 1 is 0.410 bits per heavy atom. The molecule has 0 unspecified atom stereocenters. The van der Waals surface area contributed by atoms with Crippen LogP contribution in [0.2, 0.25) is 0 Å². The first-order valence-corrected chi connectivity index (χ1v) is 12.4. The maximum absolute atomic E-state index is 9.40. The molecular formula is C38H24O. The maximum Gasteiger partial charge on any atom is 0.136 e. The number of benzene rings is 7. The van der Waals surface area contributed by atoms with Crippen molar-refractivity contribution in [3.05, 3.63) is 145 Å². The summed E-state index contributed by atoms with van der Waals surface area (Å²) in [7, 11) is 0. The Morgan fingerprint density at radius 2 is 0.949 bits per heavy atom. The Hall–Kier alpha value is -5.14. The largest absolute Gasteiger partial charge is 0.456 e. The third-order valence-electron chi connectivity index (χ3n) is 6.98. The van der Waals surface area contributed by atoms with E-state index in [9.17, 15) is 5.48 Å². The monoisotopic (exact) mass is 508 g/mol. The summed E-state index contributed by atoms with van der Waals surface area (Å²) in [5.74, 6) is 0. The third-order valence-corrected chi connectivity index (χ3v) is 6.98. The molecule has 1 nitrogen and oxygen atoms in total. The van der Waals surface area contributed by atoms with Gasteiger partial charge in [-0.1, -0.05) is 133 Å². The van der Waals surface area contributed by atoms with Gasteiger partial charge < -0.3 is 4.42 Å². The van der Waals surface area contributed by atoms with Crippen molar-refractivity contribution in [2.45, 2.75) is 0 Å². The van der Waals surface area contributed by atoms with Gasteiger partial charge >= 0.3 is 0 Å². The van der Waals surface area contributed by atoms with Crippen LogP contribution in [-0.4, -0.2) is 0 Å². The fraction of sp³-hybridized carbons (Fsp3) is 0. The second-order valence-corrected chi connectivity index (χ2v) is 9.14. The number of para-hydroxylation sites is 1. The molecule has 182 valence electrons. The second kappa shape index (κ2) is 8.72. The van der Waals surface area contributed by atoms with Crippen LogP contribution in [0.3, 0.4) is 0 Å². The first kappa shape index (κ1) is 13.1. The zero-order valence-corrected chi connectivity index (χ0v) is 20.3. The molecule has 0 spiro atoms. The van der Waals surface area contributed by atoms with Gasteiger partial charge in [-0.3, -0.25) is 0 Å².